The molecule has 8 heteroatoms. The molecule has 122 valence electrons. The van der Waals surface area contributed by atoms with Crippen molar-refractivity contribution in [1.82, 2.24) is 5.32 Å². The molecule has 1 rings (SSSR count). The first-order valence-corrected chi connectivity index (χ1v) is 6.44. The van der Waals surface area contributed by atoms with Gasteiger partial charge in [0.05, 0.1) is 12.3 Å². The third-order valence-corrected chi connectivity index (χ3v) is 3.01. The number of hydrogen-bond acceptors (Lipinski definition) is 3. The monoisotopic (exact) mass is 318 g/mol. The zero-order valence-corrected chi connectivity index (χ0v) is 12.4. The molecule has 0 aromatic heterocycles. The largest absolute Gasteiger partial charge is 0.383 e. The molecular formula is C14H17F3N2O3. The van der Waals surface area contributed by atoms with E-state index in [1.165, 1.54) is 21.0 Å². The summed E-state index contributed by atoms with van der Waals surface area (Å²) in [5, 5.41) is 4.55. The van der Waals surface area contributed by atoms with E-state index in [0.717, 1.165) is 6.07 Å². The molecule has 0 aliphatic heterocycles. The van der Waals surface area contributed by atoms with Crippen LogP contribution in [0, 0.1) is 22.9 Å². The van der Waals surface area contributed by atoms with Crippen LogP contribution in [0.4, 0.5) is 18.9 Å². The van der Waals surface area contributed by atoms with Crippen LogP contribution in [-0.2, 0) is 14.3 Å². The van der Waals surface area contributed by atoms with E-state index in [1.54, 1.807) is 0 Å². The van der Waals surface area contributed by atoms with Crippen LogP contribution in [0.1, 0.15) is 13.8 Å². The van der Waals surface area contributed by atoms with Gasteiger partial charge in [-0.25, -0.2) is 13.2 Å². The van der Waals surface area contributed by atoms with Gasteiger partial charge < -0.3 is 15.4 Å². The summed E-state index contributed by atoms with van der Waals surface area (Å²) in [6.07, 6.45) is 0. The Balaban J connectivity index is 2.83. The summed E-state index contributed by atoms with van der Waals surface area (Å²) in [4.78, 5) is 24.0. The number of carbonyl (C=O) groups is 2. The number of nitrogens with one attached hydrogen (secondary N) is 2. The molecule has 0 saturated heterocycles. The summed E-state index contributed by atoms with van der Waals surface area (Å²) in [7, 11) is 1.45. The number of methoxy groups -OCH3 is 1. The van der Waals surface area contributed by atoms with Gasteiger partial charge in [0.15, 0.2) is 17.5 Å². The van der Waals surface area contributed by atoms with E-state index < -0.39 is 40.4 Å². The number of rotatable bonds is 6. The SMILES string of the molecule is COCCNC(=O)C(C)(C)C(=O)Nc1ccc(F)c(F)c1F. The minimum absolute atomic E-state index is 0.200. The predicted octanol–water partition coefficient (Wildman–Crippen LogP) is 1.83. The van der Waals surface area contributed by atoms with E-state index in [4.69, 9.17) is 4.74 Å². The number of benzene rings is 1. The Morgan fingerprint density at radius 2 is 1.77 bits per heavy atom. The summed E-state index contributed by atoms with van der Waals surface area (Å²) in [6, 6.07) is 1.56. The minimum atomic E-state index is -1.69. The van der Waals surface area contributed by atoms with Crippen molar-refractivity contribution >= 4 is 17.5 Å². The lowest BCUT2D eigenvalue weighted by Crippen LogP contribution is -2.46. The highest BCUT2D eigenvalue weighted by Crippen LogP contribution is 2.23. The van der Waals surface area contributed by atoms with Crippen molar-refractivity contribution in [2.24, 2.45) is 5.41 Å². The van der Waals surface area contributed by atoms with E-state index in [1.807, 2.05) is 0 Å². The second kappa shape index (κ2) is 7.26. The molecule has 0 fully saturated rings. The van der Waals surface area contributed by atoms with E-state index >= 15 is 0 Å². The number of amides is 2. The Morgan fingerprint density at radius 3 is 2.36 bits per heavy atom. The van der Waals surface area contributed by atoms with Crippen molar-refractivity contribution in [3.05, 3.63) is 29.6 Å². The predicted molar refractivity (Wildman–Crippen MR) is 73.6 cm³/mol. The van der Waals surface area contributed by atoms with Crippen LogP contribution >= 0.6 is 0 Å². The topological polar surface area (TPSA) is 67.4 Å². The normalized spacial score (nSPS) is 11.2. The third kappa shape index (κ3) is 3.97. The van der Waals surface area contributed by atoms with Crippen molar-refractivity contribution in [3.8, 4) is 0 Å². The Hall–Kier alpha value is -2.09. The molecule has 0 spiro atoms. The quantitative estimate of drug-likeness (QED) is 0.478. The number of hydrogen-bond donors (Lipinski definition) is 2. The second-order valence-electron chi connectivity index (χ2n) is 5.05. The van der Waals surface area contributed by atoms with Crippen LogP contribution in [0.3, 0.4) is 0 Å². The van der Waals surface area contributed by atoms with Crippen LogP contribution in [0.2, 0.25) is 0 Å². The molecule has 0 heterocycles. The first kappa shape index (κ1) is 18.0. The molecule has 1 aromatic carbocycles. The lowest BCUT2D eigenvalue weighted by molar-refractivity contribution is -0.138. The van der Waals surface area contributed by atoms with Crippen LogP contribution in [0.25, 0.3) is 0 Å². The molecule has 2 N–H and O–H groups in total. The smallest absolute Gasteiger partial charge is 0.239 e. The Kier molecular flexibility index (Phi) is 5.92. The van der Waals surface area contributed by atoms with Gasteiger partial charge in [0.25, 0.3) is 0 Å². The minimum Gasteiger partial charge on any atom is -0.383 e. The standard InChI is InChI=1S/C14H17F3N2O3/c1-14(2,12(20)18-6-7-22-3)13(21)19-9-5-4-8(15)10(16)11(9)17/h4-5H,6-7H2,1-3H3,(H,18,20)(H,19,21). The molecule has 0 bridgehead atoms. The van der Waals surface area contributed by atoms with Crippen molar-refractivity contribution in [3.63, 3.8) is 0 Å². The average Bonchev–Trinajstić information content (AvgIpc) is 2.47. The molecule has 0 unspecified atom stereocenters. The van der Waals surface area contributed by atoms with Gasteiger partial charge in [0.2, 0.25) is 11.8 Å². The van der Waals surface area contributed by atoms with Gasteiger partial charge in [-0.05, 0) is 26.0 Å². The summed E-state index contributed by atoms with van der Waals surface area (Å²) < 4.78 is 44.2. The van der Waals surface area contributed by atoms with Crippen molar-refractivity contribution in [1.29, 1.82) is 0 Å². The highest BCUT2D eigenvalue weighted by molar-refractivity contribution is 6.09. The fourth-order valence-corrected chi connectivity index (χ4v) is 1.49. The summed E-state index contributed by atoms with van der Waals surface area (Å²) in [5.74, 6) is -6.05. The highest BCUT2D eigenvalue weighted by Gasteiger charge is 2.36. The molecule has 0 aliphatic rings. The zero-order chi connectivity index (χ0) is 16.9. The van der Waals surface area contributed by atoms with Crippen LogP contribution in [0.5, 0.6) is 0 Å². The lowest BCUT2D eigenvalue weighted by Gasteiger charge is -2.22. The van der Waals surface area contributed by atoms with Gasteiger partial charge >= 0.3 is 0 Å². The van der Waals surface area contributed by atoms with Crippen LogP contribution in [0.15, 0.2) is 12.1 Å². The summed E-state index contributed by atoms with van der Waals surface area (Å²) in [6.45, 7) is 3.11. The molecular weight excluding hydrogens is 301 g/mol. The summed E-state index contributed by atoms with van der Waals surface area (Å²) >= 11 is 0. The van der Waals surface area contributed by atoms with Crippen LogP contribution < -0.4 is 10.6 Å². The number of carbonyl (C=O) groups excluding carboxylic acids is 2. The molecule has 22 heavy (non-hydrogen) atoms. The van der Waals surface area contributed by atoms with Gasteiger partial charge in [-0.3, -0.25) is 9.59 Å². The lowest BCUT2D eigenvalue weighted by atomic mass is 9.91. The first-order chi connectivity index (χ1) is 10.2. The van der Waals surface area contributed by atoms with Crippen molar-refractivity contribution < 1.29 is 27.5 Å². The molecule has 1 aromatic rings. The van der Waals surface area contributed by atoms with Gasteiger partial charge in [-0.2, -0.15) is 0 Å². The van der Waals surface area contributed by atoms with Gasteiger partial charge in [0.1, 0.15) is 5.41 Å². The maximum absolute atomic E-state index is 13.5. The molecule has 0 aliphatic carbocycles. The van der Waals surface area contributed by atoms with E-state index in [-0.39, 0.29) is 13.2 Å². The van der Waals surface area contributed by atoms with Gasteiger partial charge in [-0.15, -0.1) is 0 Å². The Morgan fingerprint density at radius 1 is 1.14 bits per heavy atom. The molecule has 0 atom stereocenters. The van der Waals surface area contributed by atoms with Crippen LogP contribution in [-0.4, -0.2) is 32.1 Å². The Labute approximate surface area is 125 Å². The molecule has 0 radical (unpaired) electrons. The maximum Gasteiger partial charge on any atom is 0.239 e. The highest BCUT2D eigenvalue weighted by atomic mass is 19.2. The van der Waals surface area contributed by atoms with Gasteiger partial charge in [-0.1, -0.05) is 0 Å². The molecule has 5 nitrogen and oxygen atoms in total. The van der Waals surface area contributed by atoms with E-state index in [2.05, 4.69) is 10.6 Å². The first-order valence-electron chi connectivity index (χ1n) is 6.44. The third-order valence-electron chi connectivity index (χ3n) is 3.01. The summed E-state index contributed by atoms with van der Waals surface area (Å²) in [5.41, 5.74) is -2.08. The number of halogens is 3. The van der Waals surface area contributed by atoms with E-state index in [9.17, 15) is 22.8 Å². The maximum atomic E-state index is 13.5. The van der Waals surface area contributed by atoms with Crippen molar-refractivity contribution in [2.75, 3.05) is 25.6 Å². The fourth-order valence-electron chi connectivity index (χ4n) is 1.49. The van der Waals surface area contributed by atoms with Gasteiger partial charge in [0, 0.05) is 13.7 Å². The number of anilines is 1. The van der Waals surface area contributed by atoms with Crippen molar-refractivity contribution in [2.45, 2.75) is 13.8 Å². The zero-order valence-electron chi connectivity index (χ0n) is 12.4. The Bertz CT molecular complexity index is 577. The number of ether oxygens (including phenoxy) is 1. The molecule has 2 amide bonds. The fraction of sp³-hybridized carbons (Fsp3) is 0.429. The van der Waals surface area contributed by atoms with E-state index in [0.29, 0.717) is 6.07 Å². The average molecular weight is 318 g/mol. The second-order valence-corrected chi connectivity index (χ2v) is 5.05. The molecule has 0 saturated carbocycles.